The summed E-state index contributed by atoms with van der Waals surface area (Å²) >= 11 is 8.04. The SMILES string of the molecule is COC(c1ncc(I)c(Cl)n1)C1CC1. The predicted octanol–water partition coefficient (Wildman–Crippen LogP) is 2.83. The highest BCUT2D eigenvalue weighted by molar-refractivity contribution is 14.1. The van der Waals surface area contributed by atoms with E-state index in [1.165, 1.54) is 12.8 Å². The van der Waals surface area contributed by atoms with Gasteiger partial charge in [0.25, 0.3) is 0 Å². The first-order valence-electron chi connectivity index (χ1n) is 4.43. The quantitative estimate of drug-likeness (QED) is 0.633. The first-order valence-corrected chi connectivity index (χ1v) is 5.88. The Bertz CT molecular complexity index is 344. The molecule has 0 N–H and O–H groups in total. The summed E-state index contributed by atoms with van der Waals surface area (Å²) in [6, 6.07) is 0. The lowest BCUT2D eigenvalue weighted by molar-refractivity contribution is 0.0771. The van der Waals surface area contributed by atoms with E-state index in [0.717, 1.165) is 3.57 Å². The average molecular weight is 325 g/mol. The minimum Gasteiger partial charge on any atom is -0.373 e. The van der Waals surface area contributed by atoms with Crippen LogP contribution in [0.3, 0.4) is 0 Å². The van der Waals surface area contributed by atoms with Crippen LogP contribution < -0.4 is 0 Å². The molecule has 0 amide bonds. The van der Waals surface area contributed by atoms with Gasteiger partial charge in [-0.25, -0.2) is 9.97 Å². The fourth-order valence-corrected chi connectivity index (χ4v) is 1.80. The summed E-state index contributed by atoms with van der Waals surface area (Å²) in [7, 11) is 1.69. The van der Waals surface area contributed by atoms with Gasteiger partial charge in [-0.1, -0.05) is 11.6 Å². The van der Waals surface area contributed by atoms with E-state index >= 15 is 0 Å². The van der Waals surface area contributed by atoms with E-state index in [-0.39, 0.29) is 6.10 Å². The maximum absolute atomic E-state index is 5.93. The van der Waals surface area contributed by atoms with Crippen LogP contribution in [0.4, 0.5) is 0 Å². The minimum absolute atomic E-state index is 0.0181. The van der Waals surface area contributed by atoms with Crippen LogP contribution in [-0.4, -0.2) is 17.1 Å². The Balaban J connectivity index is 2.25. The molecule has 1 unspecified atom stereocenters. The molecule has 5 heteroatoms. The molecule has 1 atom stereocenters. The number of aromatic nitrogens is 2. The van der Waals surface area contributed by atoms with Crippen molar-refractivity contribution < 1.29 is 4.74 Å². The third-order valence-electron chi connectivity index (χ3n) is 2.28. The van der Waals surface area contributed by atoms with Crippen LogP contribution in [0.1, 0.15) is 24.8 Å². The Labute approximate surface area is 101 Å². The van der Waals surface area contributed by atoms with Crippen LogP contribution >= 0.6 is 34.2 Å². The maximum Gasteiger partial charge on any atom is 0.159 e. The highest BCUT2D eigenvalue weighted by Crippen LogP contribution is 2.41. The van der Waals surface area contributed by atoms with Crippen molar-refractivity contribution in [3.05, 3.63) is 20.7 Å². The highest BCUT2D eigenvalue weighted by atomic mass is 127. The molecule has 0 aliphatic heterocycles. The fraction of sp³-hybridized carbons (Fsp3) is 0.556. The number of rotatable bonds is 3. The Morgan fingerprint density at radius 1 is 1.64 bits per heavy atom. The zero-order chi connectivity index (χ0) is 10.1. The molecular formula is C9H10ClIN2O. The summed E-state index contributed by atoms with van der Waals surface area (Å²) in [6.45, 7) is 0. The second-order valence-electron chi connectivity index (χ2n) is 3.36. The lowest BCUT2D eigenvalue weighted by Gasteiger charge is -2.12. The zero-order valence-corrected chi connectivity index (χ0v) is 10.6. The summed E-state index contributed by atoms with van der Waals surface area (Å²) < 4.78 is 6.24. The van der Waals surface area contributed by atoms with Crippen LogP contribution in [-0.2, 0) is 4.74 Å². The smallest absolute Gasteiger partial charge is 0.159 e. The maximum atomic E-state index is 5.93. The number of methoxy groups -OCH3 is 1. The van der Waals surface area contributed by atoms with Gasteiger partial charge in [0.1, 0.15) is 11.3 Å². The molecule has 0 spiro atoms. The number of hydrogen-bond donors (Lipinski definition) is 0. The molecule has 0 aromatic carbocycles. The molecule has 1 aromatic rings. The van der Waals surface area contributed by atoms with Crippen molar-refractivity contribution >= 4 is 34.2 Å². The van der Waals surface area contributed by atoms with Gasteiger partial charge in [0.2, 0.25) is 0 Å². The number of nitrogens with zero attached hydrogens (tertiary/aromatic N) is 2. The fourth-order valence-electron chi connectivity index (χ4n) is 1.40. The van der Waals surface area contributed by atoms with Crippen molar-refractivity contribution in [2.75, 3.05) is 7.11 Å². The third-order valence-corrected chi connectivity index (χ3v) is 3.67. The standard InChI is InChI=1S/C9H10ClIN2O/c1-14-7(5-2-3-5)9-12-4-6(11)8(10)13-9/h4-5,7H,2-3H2,1H3. The highest BCUT2D eigenvalue weighted by Gasteiger charge is 2.34. The summed E-state index contributed by atoms with van der Waals surface area (Å²) in [5.74, 6) is 1.29. The monoisotopic (exact) mass is 324 g/mol. The first kappa shape index (κ1) is 10.6. The van der Waals surface area contributed by atoms with Crippen molar-refractivity contribution in [1.82, 2.24) is 9.97 Å². The van der Waals surface area contributed by atoms with E-state index in [1.54, 1.807) is 13.3 Å². The molecular weight excluding hydrogens is 314 g/mol. The normalized spacial score (nSPS) is 18.2. The van der Waals surface area contributed by atoms with Gasteiger partial charge < -0.3 is 4.74 Å². The first-order chi connectivity index (χ1) is 6.72. The number of ether oxygens (including phenoxy) is 1. The lowest BCUT2D eigenvalue weighted by Crippen LogP contribution is -2.09. The zero-order valence-electron chi connectivity index (χ0n) is 7.70. The van der Waals surface area contributed by atoms with E-state index in [9.17, 15) is 0 Å². The predicted molar refractivity (Wildman–Crippen MR) is 62.2 cm³/mol. The Hall–Kier alpha value is 0.0600. The Morgan fingerprint density at radius 2 is 2.36 bits per heavy atom. The Morgan fingerprint density at radius 3 is 2.86 bits per heavy atom. The second kappa shape index (κ2) is 4.28. The van der Waals surface area contributed by atoms with E-state index in [0.29, 0.717) is 16.9 Å². The summed E-state index contributed by atoms with van der Waals surface area (Å²) in [5, 5.41) is 0.512. The molecule has 1 saturated carbocycles. The van der Waals surface area contributed by atoms with E-state index in [4.69, 9.17) is 16.3 Å². The topological polar surface area (TPSA) is 35.0 Å². The van der Waals surface area contributed by atoms with E-state index in [1.807, 2.05) is 0 Å². The third kappa shape index (κ3) is 2.17. The molecule has 1 fully saturated rings. The molecule has 76 valence electrons. The van der Waals surface area contributed by atoms with Crippen molar-refractivity contribution in [3.63, 3.8) is 0 Å². The minimum atomic E-state index is 0.0181. The largest absolute Gasteiger partial charge is 0.373 e. The van der Waals surface area contributed by atoms with Crippen molar-refractivity contribution in [2.24, 2.45) is 5.92 Å². The van der Waals surface area contributed by atoms with Gasteiger partial charge in [0.15, 0.2) is 5.82 Å². The number of halogens is 2. The van der Waals surface area contributed by atoms with Gasteiger partial charge in [-0.2, -0.15) is 0 Å². The van der Waals surface area contributed by atoms with Gasteiger partial charge in [-0.05, 0) is 41.4 Å². The second-order valence-corrected chi connectivity index (χ2v) is 4.88. The Kier molecular flexibility index (Phi) is 3.23. The van der Waals surface area contributed by atoms with Crippen LogP contribution in [0.15, 0.2) is 6.20 Å². The lowest BCUT2D eigenvalue weighted by atomic mass is 10.2. The molecule has 1 aromatic heterocycles. The van der Waals surface area contributed by atoms with Gasteiger partial charge in [0.05, 0.1) is 3.57 Å². The van der Waals surface area contributed by atoms with E-state index < -0.39 is 0 Å². The average Bonchev–Trinajstić information content (AvgIpc) is 2.96. The van der Waals surface area contributed by atoms with Crippen molar-refractivity contribution in [2.45, 2.75) is 18.9 Å². The molecule has 3 nitrogen and oxygen atoms in total. The molecule has 0 radical (unpaired) electrons. The van der Waals surface area contributed by atoms with Crippen molar-refractivity contribution in [3.8, 4) is 0 Å². The molecule has 1 heterocycles. The van der Waals surface area contributed by atoms with E-state index in [2.05, 4.69) is 32.6 Å². The summed E-state index contributed by atoms with van der Waals surface area (Å²) in [5.41, 5.74) is 0. The van der Waals surface area contributed by atoms with Crippen LogP contribution in [0.2, 0.25) is 5.15 Å². The van der Waals surface area contributed by atoms with Gasteiger partial charge in [-0.15, -0.1) is 0 Å². The molecule has 14 heavy (non-hydrogen) atoms. The molecule has 2 rings (SSSR count). The van der Waals surface area contributed by atoms with Crippen LogP contribution in [0.25, 0.3) is 0 Å². The van der Waals surface area contributed by atoms with Crippen LogP contribution in [0, 0.1) is 9.49 Å². The van der Waals surface area contributed by atoms with Gasteiger partial charge in [-0.3, -0.25) is 0 Å². The molecule has 1 aliphatic rings. The summed E-state index contributed by atoms with van der Waals surface area (Å²) in [4.78, 5) is 8.47. The van der Waals surface area contributed by atoms with Gasteiger partial charge >= 0.3 is 0 Å². The van der Waals surface area contributed by atoms with Crippen molar-refractivity contribution in [1.29, 1.82) is 0 Å². The van der Waals surface area contributed by atoms with Gasteiger partial charge in [0, 0.05) is 13.3 Å². The number of hydrogen-bond acceptors (Lipinski definition) is 3. The molecule has 1 aliphatic carbocycles. The van der Waals surface area contributed by atoms with Crippen LogP contribution in [0.5, 0.6) is 0 Å². The molecule has 0 bridgehead atoms. The molecule has 0 saturated heterocycles. The summed E-state index contributed by atoms with van der Waals surface area (Å²) in [6.07, 6.45) is 4.15.